The van der Waals surface area contributed by atoms with E-state index in [-0.39, 0.29) is 5.54 Å². The van der Waals surface area contributed by atoms with Crippen LogP contribution < -0.4 is 5.32 Å². The van der Waals surface area contributed by atoms with E-state index >= 15 is 0 Å². The summed E-state index contributed by atoms with van der Waals surface area (Å²) in [6.07, 6.45) is 1.03. The maximum atomic E-state index is 4.14. The molecule has 0 aliphatic carbocycles. The molecule has 0 aliphatic heterocycles. The van der Waals surface area contributed by atoms with Gasteiger partial charge in [-0.05, 0) is 27.2 Å². The molecule has 2 heteroatoms. The second-order valence-electron chi connectivity index (χ2n) is 5.35. The summed E-state index contributed by atoms with van der Waals surface area (Å²) in [5.41, 5.74) is 1.40. The summed E-state index contributed by atoms with van der Waals surface area (Å²) in [5.74, 6) is 0. The molecule has 0 fully saturated rings. The van der Waals surface area contributed by atoms with E-state index in [4.69, 9.17) is 0 Å². The summed E-state index contributed by atoms with van der Waals surface area (Å²) in [7, 11) is 0. The van der Waals surface area contributed by atoms with Gasteiger partial charge in [0.1, 0.15) is 0 Å². The molecule has 0 saturated carbocycles. The Bertz CT molecular complexity index is 189. The first kappa shape index (κ1) is 14.5. The average molecular weight is 212 g/mol. The summed E-state index contributed by atoms with van der Waals surface area (Å²) in [5, 5.41) is 3.44. The van der Waals surface area contributed by atoms with E-state index in [1.54, 1.807) is 0 Å². The molecule has 90 valence electrons. The zero-order valence-electron chi connectivity index (χ0n) is 11.4. The van der Waals surface area contributed by atoms with Gasteiger partial charge in [0.05, 0.1) is 0 Å². The molecule has 0 heterocycles. The van der Waals surface area contributed by atoms with Gasteiger partial charge in [-0.15, -0.1) is 0 Å². The Kier molecular flexibility index (Phi) is 5.96. The zero-order valence-corrected chi connectivity index (χ0v) is 11.4. The number of nitrogens with zero attached hydrogens (tertiary/aromatic N) is 1. The predicted molar refractivity (Wildman–Crippen MR) is 69.0 cm³/mol. The Morgan fingerprint density at radius 1 is 1.33 bits per heavy atom. The third-order valence-electron chi connectivity index (χ3n) is 2.49. The van der Waals surface area contributed by atoms with Crippen molar-refractivity contribution in [1.29, 1.82) is 0 Å². The Morgan fingerprint density at radius 3 is 2.20 bits per heavy atom. The van der Waals surface area contributed by atoms with Crippen molar-refractivity contribution in [2.45, 2.75) is 59.5 Å². The van der Waals surface area contributed by atoms with E-state index in [9.17, 15) is 0 Å². The van der Waals surface area contributed by atoms with Crippen molar-refractivity contribution in [2.75, 3.05) is 13.1 Å². The zero-order chi connectivity index (χ0) is 12.1. The summed E-state index contributed by atoms with van der Waals surface area (Å²) in [4.78, 5) is 2.39. The number of hydrogen-bond donors (Lipinski definition) is 1. The molecule has 2 nitrogen and oxygen atoms in total. The standard InChI is InChI=1S/C13H28N2/c1-8-12(4)15(13(5,6)7)10-9-14-11(2)3/h11,14H,4,8-10H2,1-3,5-7H3. The van der Waals surface area contributed by atoms with E-state index in [1.165, 1.54) is 5.70 Å². The van der Waals surface area contributed by atoms with Crippen LogP contribution >= 0.6 is 0 Å². The number of hydrogen-bond acceptors (Lipinski definition) is 2. The lowest BCUT2D eigenvalue weighted by molar-refractivity contribution is 0.180. The van der Waals surface area contributed by atoms with Crippen molar-refractivity contribution in [3.63, 3.8) is 0 Å². The van der Waals surface area contributed by atoms with Crippen LogP contribution in [0.15, 0.2) is 12.3 Å². The molecule has 0 bridgehead atoms. The first-order valence-electron chi connectivity index (χ1n) is 5.97. The third kappa shape index (κ3) is 5.83. The van der Waals surface area contributed by atoms with Crippen molar-refractivity contribution in [3.05, 3.63) is 12.3 Å². The van der Waals surface area contributed by atoms with Crippen molar-refractivity contribution >= 4 is 0 Å². The highest BCUT2D eigenvalue weighted by Crippen LogP contribution is 2.19. The fourth-order valence-electron chi connectivity index (χ4n) is 1.62. The maximum absolute atomic E-state index is 4.14. The first-order valence-corrected chi connectivity index (χ1v) is 5.97. The summed E-state index contributed by atoms with van der Waals surface area (Å²) >= 11 is 0. The van der Waals surface area contributed by atoms with Crippen LogP contribution in [0.2, 0.25) is 0 Å². The Morgan fingerprint density at radius 2 is 1.87 bits per heavy atom. The molecule has 0 radical (unpaired) electrons. The summed E-state index contributed by atoms with van der Waals surface area (Å²) in [6, 6.07) is 0.557. The van der Waals surface area contributed by atoms with Gasteiger partial charge in [-0.25, -0.2) is 0 Å². The fraction of sp³-hybridized carbons (Fsp3) is 0.846. The van der Waals surface area contributed by atoms with Gasteiger partial charge in [0, 0.05) is 30.4 Å². The molecular formula is C13H28N2. The van der Waals surface area contributed by atoms with Crippen LogP contribution in [-0.4, -0.2) is 29.6 Å². The molecule has 0 aromatic carbocycles. The van der Waals surface area contributed by atoms with Crippen molar-refractivity contribution in [2.24, 2.45) is 0 Å². The molecule has 0 aromatic heterocycles. The molecule has 0 unspecified atom stereocenters. The lowest BCUT2D eigenvalue weighted by atomic mass is 10.0. The van der Waals surface area contributed by atoms with E-state index in [0.717, 1.165) is 19.5 Å². The molecule has 0 saturated heterocycles. The molecule has 0 aromatic rings. The first-order chi connectivity index (χ1) is 6.79. The van der Waals surface area contributed by atoms with Crippen LogP contribution in [-0.2, 0) is 0 Å². The topological polar surface area (TPSA) is 15.3 Å². The number of allylic oxidation sites excluding steroid dienone is 1. The second-order valence-corrected chi connectivity index (χ2v) is 5.35. The molecule has 0 aliphatic rings. The lowest BCUT2D eigenvalue weighted by Crippen LogP contribution is -2.44. The summed E-state index contributed by atoms with van der Waals surface area (Å²) in [6.45, 7) is 19.4. The number of nitrogens with one attached hydrogen (secondary N) is 1. The predicted octanol–water partition coefficient (Wildman–Crippen LogP) is 3.01. The van der Waals surface area contributed by atoms with Gasteiger partial charge in [-0.2, -0.15) is 0 Å². The molecular weight excluding hydrogens is 184 g/mol. The van der Waals surface area contributed by atoms with Gasteiger partial charge in [0.2, 0.25) is 0 Å². The Labute approximate surface area is 95.7 Å². The molecule has 0 amide bonds. The van der Waals surface area contributed by atoms with Crippen LogP contribution in [0.3, 0.4) is 0 Å². The minimum absolute atomic E-state index is 0.172. The van der Waals surface area contributed by atoms with Crippen LogP contribution in [0.25, 0.3) is 0 Å². The normalized spacial score (nSPS) is 11.9. The van der Waals surface area contributed by atoms with Crippen LogP contribution in [0.5, 0.6) is 0 Å². The molecule has 0 rings (SSSR count). The molecule has 0 spiro atoms. The minimum atomic E-state index is 0.172. The second kappa shape index (κ2) is 6.16. The van der Waals surface area contributed by atoms with Gasteiger partial charge in [-0.1, -0.05) is 27.4 Å². The Hall–Kier alpha value is -0.500. The monoisotopic (exact) mass is 212 g/mol. The minimum Gasteiger partial charge on any atom is -0.369 e. The molecule has 1 N–H and O–H groups in total. The molecule has 15 heavy (non-hydrogen) atoms. The average Bonchev–Trinajstić information content (AvgIpc) is 2.09. The number of rotatable bonds is 6. The SMILES string of the molecule is C=C(CC)N(CCNC(C)C)C(C)(C)C. The third-order valence-corrected chi connectivity index (χ3v) is 2.49. The van der Waals surface area contributed by atoms with Crippen molar-refractivity contribution in [1.82, 2.24) is 10.2 Å². The highest BCUT2D eigenvalue weighted by atomic mass is 15.2. The van der Waals surface area contributed by atoms with E-state index in [1.807, 2.05) is 0 Å². The van der Waals surface area contributed by atoms with Gasteiger partial charge >= 0.3 is 0 Å². The smallest absolute Gasteiger partial charge is 0.0315 e. The van der Waals surface area contributed by atoms with Crippen molar-refractivity contribution in [3.8, 4) is 0 Å². The van der Waals surface area contributed by atoms with Gasteiger partial charge < -0.3 is 10.2 Å². The fourth-order valence-corrected chi connectivity index (χ4v) is 1.62. The van der Waals surface area contributed by atoms with E-state index < -0.39 is 0 Å². The van der Waals surface area contributed by atoms with E-state index in [2.05, 4.69) is 58.3 Å². The maximum Gasteiger partial charge on any atom is 0.0315 e. The van der Waals surface area contributed by atoms with Crippen LogP contribution in [0, 0.1) is 0 Å². The van der Waals surface area contributed by atoms with Gasteiger partial charge in [0.15, 0.2) is 0 Å². The summed E-state index contributed by atoms with van der Waals surface area (Å²) < 4.78 is 0. The van der Waals surface area contributed by atoms with Gasteiger partial charge in [-0.3, -0.25) is 0 Å². The van der Waals surface area contributed by atoms with E-state index in [0.29, 0.717) is 6.04 Å². The largest absolute Gasteiger partial charge is 0.369 e. The molecule has 0 atom stereocenters. The quantitative estimate of drug-likeness (QED) is 0.728. The van der Waals surface area contributed by atoms with Crippen LogP contribution in [0.1, 0.15) is 48.0 Å². The van der Waals surface area contributed by atoms with Gasteiger partial charge in [0.25, 0.3) is 0 Å². The lowest BCUT2D eigenvalue weighted by Gasteiger charge is -2.39. The highest BCUT2D eigenvalue weighted by Gasteiger charge is 2.20. The van der Waals surface area contributed by atoms with Crippen LogP contribution in [0.4, 0.5) is 0 Å². The Balaban J connectivity index is 4.21. The highest BCUT2D eigenvalue weighted by molar-refractivity contribution is 4.98. The van der Waals surface area contributed by atoms with Crippen molar-refractivity contribution < 1.29 is 0 Å².